The van der Waals surface area contributed by atoms with Crippen LogP contribution in [0.3, 0.4) is 0 Å². The molecule has 5 heterocycles. The number of hydrogen-bond donors (Lipinski definition) is 21. The lowest BCUT2D eigenvalue weighted by atomic mass is 9.94. The number of carbonyl (C=O) groups excluding carboxylic acids is 2. The predicted octanol–water partition coefficient (Wildman–Crippen LogP) is -14.2. The van der Waals surface area contributed by atoms with Gasteiger partial charge in [0.15, 0.2) is 31.5 Å². The van der Waals surface area contributed by atoms with Crippen LogP contribution in [0.1, 0.15) is 13.8 Å². The molecule has 33 nitrogen and oxygen atoms in total. The first-order valence-corrected chi connectivity index (χ1v) is 23.0. The number of nitrogens with one attached hydrogen (secondary N) is 2. The molecule has 0 aromatic heterocycles. The van der Waals surface area contributed by atoms with Crippen molar-refractivity contribution >= 4 is 11.8 Å². The minimum atomic E-state index is -2.29. The Kier molecular flexibility index (Phi) is 23.1. The van der Waals surface area contributed by atoms with Crippen molar-refractivity contribution in [1.82, 2.24) is 10.6 Å². The second-order valence-electron chi connectivity index (χ2n) is 18.0. The van der Waals surface area contributed by atoms with Gasteiger partial charge in [-0.3, -0.25) is 9.59 Å². The SMILES string of the molecule is CC(=O)N[C@H]1[C@H](OC[C@H]2O[C@H](O[C@H](CO)[C@@H](O)[C@H](O)[C@H](O)CO)[C@@H](O)[C@@H](O[C@@H]3O[C@H](CO)[C@@H](O[C@@H]4O[C@H](CO)[C@H](O)[C@H](O)[C@H]4O)[C@H](O)[C@H]3NC(C)=O)[C@@H]2O)O[C@H](CO)[C@@H](O[C@@H]2O[C@H](CO)[C@H](O)[C@H](O)[C@H]2O)[C@@H]1O. The minimum Gasteiger partial charge on any atom is -0.394 e. The van der Waals surface area contributed by atoms with Crippen molar-refractivity contribution in [2.24, 2.45) is 0 Å². The molecule has 2 amide bonds. The summed E-state index contributed by atoms with van der Waals surface area (Å²) in [7, 11) is 0. The van der Waals surface area contributed by atoms with Crippen molar-refractivity contribution in [3.05, 3.63) is 0 Å². The summed E-state index contributed by atoms with van der Waals surface area (Å²) in [5.41, 5.74) is 0. The van der Waals surface area contributed by atoms with Gasteiger partial charge in [0.05, 0.1) is 46.2 Å². The Morgan fingerprint density at radius 2 is 0.849 bits per heavy atom. The predicted molar refractivity (Wildman–Crippen MR) is 225 cm³/mol. The molecule has 29 atom stereocenters. The third-order valence-electron chi connectivity index (χ3n) is 12.9. The van der Waals surface area contributed by atoms with Crippen molar-refractivity contribution < 1.29 is 154 Å². The van der Waals surface area contributed by atoms with E-state index in [4.69, 9.17) is 47.4 Å². The quantitative estimate of drug-likeness (QED) is 0.0479. The highest BCUT2D eigenvalue weighted by molar-refractivity contribution is 5.73. The Labute approximate surface area is 414 Å². The molecule has 426 valence electrons. The van der Waals surface area contributed by atoms with E-state index in [0.717, 1.165) is 13.8 Å². The number of aliphatic hydroxyl groups is 19. The fourth-order valence-corrected chi connectivity index (χ4v) is 8.79. The topological polar surface area (TPSA) is 535 Å². The maximum absolute atomic E-state index is 12.6. The molecule has 0 bridgehead atoms. The Hall–Kier alpha value is -2.22. The van der Waals surface area contributed by atoms with Gasteiger partial charge in [-0.25, -0.2) is 0 Å². The second kappa shape index (κ2) is 27.4. The summed E-state index contributed by atoms with van der Waals surface area (Å²) in [5, 5.41) is 205. The molecule has 0 spiro atoms. The number of aliphatic hydroxyl groups excluding tert-OH is 19. The molecule has 0 aliphatic carbocycles. The monoisotopic (exact) mass is 1070 g/mol. The molecule has 0 aromatic carbocycles. The van der Waals surface area contributed by atoms with E-state index in [1.165, 1.54) is 0 Å². The average molecular weight is 1070 g/mol. The molecule has 73 heavy (non-hydrogen) atoms. The first-order valence-electron chi connectivity index (χ1n) is 23.0. The van der Waals surface area contributed by atoms with Gasteiger partial charge in [-0.05, 0) is 0 Å². The smallest absolute Gasteiger partial charge is 0.217 e. The molecule has 0 aromatic rings. The Bertz CT molecular complexity index is 1700. The van der Waals surface area contributed by atoms with Gasteiger partial charge < -0.3 is 155 Å². The molecule has 5 aliphatic heterocycles. The summed E-state index contributed by atoms with van der Waals surface area (Å²) in [5.74, 6) is -1.69. The summed E-state index contributed by atoms with van der Waals surface area (Å²) < 4.78 is 57.1. The van der Waals surface area contributed by atoms with Gasteiger partial charge in [0, 0.05) is 13.8 Å². The van der Waals surface area contributed by atoms with Crippen molar-refractivity contribution in [3.8, 4) is 0 Å². The van der Waals surface area contributed by atoms with Crippen molar-refractivity contribution in [3.63, 3.8) is 0 Å². The number of hydrogen-bond acceptors (Lipinski definition) is 31. The first-order chi connectivity index (χ1) is 34.5. The van der Waals surface area contributed by atoms with Crippen molar-refractivity contribution in [2.45, 2.75) is 192 Å². The zero-order valence-corrected chi connectivity index (χ0v) is 39.1. The average Bonchev–Trinajstić information content (AvgIpc) is 3.36. The lowest BCUT2D eigenvalue weighted by Crippen LogP contribution is -2.70. The summed E-state index contributed by atoms with van der Waals surface area (Å²) >= 11 is 0. The van der Waals surface area contributed by atoms with Gasteiger partial charge in [-0.1, -0.05) is 0 Å². The molecular weight excluding hydrogens is 1000 g/mol. The zero-order chi connectivity index (χ0) is 54.3. The molecule has 0 unspecified atom stereocenters. The van der Waals surface area contributed by atoms with Crippen LogP contribution in [0.2, 0.25) is 0 Å². The maximum atomic E-state index is 12.6. The normalized spacial score (nSPS) is 45.2. The van der Waals surface area contributed by atoms with E-state index in [2.05, 4.69) is 10.6 Å². The van der Waals surface area contributed by atoms with Crippen LogP contribution in [0.25, 0.3) is 0 Å². The van der Waals surface area contributed by atoms with Crippen LogP contribution >= 0.6 is 0 Å². The van der Waals surface area contributed by atoms with E-state index in [9.17, 15) is 107 Å². The van der Waals surface area contributed by atoms with E-state index >= 15 is 0 Å². The molecular formula is C40H70N2O31. The third-order valence-corrected chi connectivity index (χ3v) is 12.9. The molecule has 0 saturated carbocycles. The molecule has 33 heteroatoms. The van der Waals surface area contributed by atoms with Gasteiger partial charge in [0.25, 0.3) is 0 Å². The molecule has 5 saturated heterocycles. The van der Waals surface area contributed by atoms with Crippen molar-refractivity contribution in [2.75, 3.05) is 46.2 Å². The third kappa shape index (κ3) is 14.1. The lowest BCUT2D eigenvalue weighted by Gasteiger charge is -2.50. The lowest BCUT2D eigenvalue weighted by molar-refractivity contribution is -0.376. The number of rotatable bonds is 22. The highest BCUT2D eigenvalue weighted by Crippen LogP contribution is 2.35. The van der Waals surface area contributed by atoms with Crippen LogP contribution in [-0.4, -0.2) is 333 Å². The maximum Gasteiger partial charge on any atom is 0.217 e. The van der Waals surface area contributed by atoms with Crippen LogP contribution in [0, 0.1) is 0 Å². The summed E-state index contributed by atoms with van der Waals surface area (Å²) in [4.78, 5) is 25.0. The molecule has 0 radical (unpaired) electrons. The van der Waals surface area contributed by atoms with Crippen LogP contribution in [0.15, 0.2) is 0 Å². The summed E-state index contributed by atoms with van der Waals surface area (Å²) in [6, 6.07) is -3.49. The van der Waals surface area contributed by atoms with E-state index in [-0.39, 0.29) is 0 Å². The molecule has 5 aliphatic rings. The highest BCUT2D eigenvalue weighted by Gasteiger charge is 2.56. The van der Waals surface area contributed by atoms with Gasteiger partial charge in [0.1, 0.15) is 146 Å². The summed E-state index contributed by atoms with van der Waals surface area (Å²) in [6.45, 7) is -4.99. The fraction of sp³-hybridized carbons (Fsp3) is 0.950. The highest BCUT2D eigenvalue weighted by atomic mass is 16.8. The first kappa shape index (κ1) is 61.6. The number of carbonyl (C=O) groups is 2. The van der Waals surface area contributed by atoms with E-state index in [1.807, 2.05) is 0 Å². The standard InChI is InChI=1S/C40H70N2O31/c1-10(49)41-19-26(57)33(71-38-30(61)28(59)23(54)14(5-45)65-38)16(7-47)68-36(19)64-9-18-25(56)35(32(63)40(70-18)67-13(4-44)22(53)21(52)12(51)3-43)73-37-20(42-11(2)50)27(58)34(17(8-48)69-37)72-39-31(62)29(60)24(55)15(6-46)66-39/h12-40,43-48,51-63H,3-9H2,1-2H3,(H,41,49)(H,42,50)/t12-,13-,14-,15-,16-,17-,18-,19-,20-,21-,22-,23+,24+,25-,26-,27-,28+,29+,30-,31-,32+,33-,34-,35+,36-,37+,38+,39+,40+/m1/s1. The van der Waals surface area contributed by atoms with E-state index in [0.29, 0.717) is 0 Å². The summed E-state index contributed by atoms with van der Waals surface area (Å²) in [6.07, 6.45) is -52.1. The Morgan fingerprint density at radius 1 is 0.438 bits per heavy atom. The molecule has 5 fully saturated rings. The fourth-order valence-electron chi connectivity index (χ4n) is 8.79. The number of ether oxygens (including phenoxy) is 10. The minimum absolute atomic E-state index is 0.818. The number of amides is 2. The van der Waals surface area contributed by atoms with E-state index in [1.54, 1.807) is 0 Å². The molecule has 5 rings (SSSR count). The zero-order valence-electron chi connectivity index (χ0n) is 39.1. The van der Waals surface area contributed by atoms with Crippen LogP contribution in [-0.2, 0) is 57.0 Å². The van der Waals surface area contributed by atoms with E-state index < -0.39 is 236 Å². The Balaban J connectivity index is 1.43. The largest absolute Gasteiger partial charge is 0.394 e. The molecule has 21 N–H and O–H groups in total. The van der Waals surface area contributed by atoms with Gasteiger partial charge in [-0.15, -0.1) is 0 Å². The van der Waals surface area contributed by atoms with Crippen molar-refractivity contribution in [1.29, 1.82) is 0 Å². The van der Waals surface area contributed by atoms with Gasteiger partial charge in [-0.2, -0.15) is 0 Å². The van der Waals surface area contributed by atoms with Gasteiger partial charge >= 0.3 is 0 Å². The second-order valence-corrected chi connectivity index (χ2v) is 18.0. The van der Waals surface area contributed by atoms with Gasteiger partial charge in [0.2, 0.25) is 11.8 Å². The Morgan fingerprint density at radius 3 is 1.27 bits per heavy atom. The van der Waals surface area contributed by atoms with Crippen LogP contribution < -0.4 is 10.6 Å². The van der Waals surface area contributed by atoms with Crippen LogP contribution in [0.4, 0.5) is 0 Å². The van der Waals surface area contributed by atoms with Crippen LogP contribution in [0.5, 0.6) is 0 Å².